The van der Waals surface area contributed by atoms with Gasteiger partial charge in [0.1, 0.15) is 12.4 Å². The largest absolute Gasteiger partial charge is 0.491 e. The fraction of sp³-hybridized carbons (Fsp3) is 0.600. The molecule has 2 nitrogen and oxygen atoms in total. The number of benzene rings is 1. The first-order valence-electron chi connectivity index (χ1n) is 6.68. The van der Waals surface area contributed by atoms with Crippen LogP contribution in [0.2, 0.25) is 5.02 Å². The predicted octanol–water partition coefficient (Wildman–Crippen LogP) is 4.98. The average Bonchev–Trinajstić information content (AvgIpc) is 2.45. The van der Waals surface area contributed by atoms with Crippen molar-refractivity contribution in [2.24, 2.45) is 0 Å². The van der Waals surface area contributed by atoms with E-state index in [1.54, 1.807) is 7.11 Å². The molecule has 0 aliphatic heterocycles. The van der Waals surface area contributed by atoms with E-state index < -0.39 is 0 Å². The van der Waals surface area contributed by atoms with Crippen LogP contribution in [-0.2, 0) is 11.2 Å². The lowest BCUT2D eigenvalue weighted by Gasteiger charge is -2.10. The van der Waals surface area contributed by atoms with Crippen molar-refractivity contribution in [3.8, 4) is 5.75 Å². The first-order valence-corrected chi connectivity index (χ1v) is 7.06. The van der Waals surface area contributed by atoms with E-state index in [1.807, 2.05) is 45.9 Å². The van der Waals surface area contributed by atoms with Gasteiger partial charge in [0.2, 0.25) is 0 Å². The molecule has 106 valence electrons. The fourth-order valence-corrected chi connectivity index (χ4v) is 1.39. The van der Waals surface area contributed by atoms with Crippen LogP contribution < -0.4 is 4.74 Å². The summed E-state index contributed by atoms with van der Waals surface area (Å²) in [6.07, 6.45) is 0.920. The minimum Gasteiger partial charge on any atom is -0.491 e. The molecular weight excluding hydrogens is 248 g/mol. The summed E-state index contributed by atoms with van der Waals surface area (Å²) >= 11 is 5.88. The van der Waals surface area contributed by atoms with Crippen molar-refractivity contribution < 1.29 is 9.47 Å². The Hall–Kier alpha value is -0.730. The molecule has 0 saturated carbocycles. The summed E-state index contributed by atoms with van der Waals surface area (Å²) in [5.74, 6) is 0.897. The summed E-state index contributed by atoms with van der Waals surface area (Å²) in [4.78, 5) is 0. The Morgan fingerprint density at radius 3 is 2.17 bits per heavy atom. The smallest absolute Gasteiger partial charge is 0.122 e. The van der Waals surface area contributed by atoms with Crippen LogP contribution in [0.25, 0.3) is 0 Å². The quantitative estimate of drug-likeness (QED) is 0.705. The predicted molar refractivity (Wildman–Crippen MR) is 80.9 cm³/mol. The van der Waals surface area contributed by atoms with Crippen molar-refractivity contribution >= 4 is 11.6 Å². The Kier molecular flexibility index (Phi) is 15.6. The summed E-state index contributed by atoms with van der Waals surface area (Å²) in [6.45, 7) is 11.3. The monoisotopic (exact) mass is 274 g/mol. The van der Waals surface area contributed by atoms with Crippen molar-refractivity contribution in [3.63, 3.8) is 0 Å². The summed E-state index contributed by atoms with van der Waals surface area (Å²) in [6, 6.07) is 5.67. The average molecular weight is 275 g/mol. The van der Waals surface area contributed by atoms with Gasteiger partial charge in [0.05, 0.1) is 6.61 Å². The third-order valence-corrected chi connectivity index (χ3v) is 2.18. The van der Waals surface area contributed by atoms with Crippen LogP contribution in [0.1, 0.15) is 40.2 Å². The van der Waals surface area contributed by atoms with Gasteiger partial charge in [-0.1, -0.05) is 46.2 Å². The second kappa shape index (κ2) is 14.3. The summed E-state index contributed by atoms with van der Waals surface area (Å²) in [5.41, 5.74) is 1.13. The van der Waals surface area contributed by atoms with Gasteiger partial charge in [0, 0.05) is 12.1 Å². The molecule has 1 rings (SSSR count). The van der Waals surface area contributed by atoms with E-state index in [1.165, 1.54) is 0 Å². The maximum absolute atomic E-state index is 5.88. The van der Waals surface area contributed by atoms with Crippen LogP contribution in [0.4, 0.5) is 0 Å². The zero-order valence-electron chi connectivity index (χ0n) is 12.5. The number of hydrogen-bond acceptors (Lipinski definition) is 2. The van der Waals surface area contributed by atoms with E-state index >= 15 is 0 Å². The lowest BCUT2D eigenvalue weighted by atomic mass is 10.1. The van der Waals surface area contributed by atoms with Gasteiger partial charge in [-0.2, -0.15) is 0 Å². The van der Waals surface area contributed by atoms with Crippen LogP contribution in [0.5, 0.6) is 5.75 Å². The van der Waals surface area contributed by atoms with Gasteiger partial charge >= 0.3 is 0 Å². The van der Waals surface area contributed by atoms with E-state index in [-0.39, 0.29) is 0 Å². The van der Waals surface area contributed by atoms with Gasteiger partial charge in [0.25, 0.3) is 0 Å². The van der Waals surface area contributed by atoms with Gasteiger partial charge in [-0.25, -0.2) is 0 Å². The topological polar surface area (TPSA) is 18.5 Å². The second-order valence-corrected chi connectivity index (χ2v) is 3.38. The molecule has 0 aliphatic rings. The Morgan fingerprint density at radius 1 is 1.06 bits per heavy atom. The highest BCUT2D eigenvalue weighted by atomic mass is 35.5. The van der Waals surface area contributed by atoms with Crippen LogP contribution >= 0.6 is 11.6 Å². The van der Waals surface area contributed by atoms with Gasteiger partial charge < -0.3 is 9.47 Å². The first-order chi connectivity index (χ1) is 8.77. The molecule has 0 saturated heterocycles. The maximum Gasteiger partial charge on any atom is 0.122 e. The zero-order valence-corrected chi connectivity index (χ0v) is 13.3. The van der Waals surface area contributed by atoms with Crippen molar-refractivity contribution in [1.29, 1.82) is 0 Å². The molecule has 0 heterocycles. The van der Waals surface area contributed by atoms with Crippen molar-refractivity contribution in [1.82, 2.24) is 0 Å². The summed E-state index contributed by atoms with van der Waals surface area (Å²) < 4.78 is 10.4. The lowest BCUT2D eigenvalue weighted by molar-refractivity contribution is 0.146. The number of ether oxygens (including phenoxy) is 2. The molecule has 0 N–H and O–H groups in total. The van der Waals surface area contributed by atoms with Crippen molar-refractivity contribution in [2.45, 2.75) is 41.0 Å². The SMILES string of the molecule is CC.CC.CCc1cc(Cl)ccc1OCCOC. The van der Waals surface area contributed by atoms with E-state index in [9.17, 15) is 0 Å². The molecule has 1 aromatic carbocycles. The Balaban J connectivity index is 0. The fourth-order valence-electron chi connectivity index (χ4n) is 1.20. The van der Waals surface area contributed by atoms with E-state index in [2.05, 4.69) is 6.92 Å². The molecule has 0 fully saturated rings. The molecule has 0 radical (unpaired) electrons. The third kappa shape index (κ3) is 8.37. The number of methoxy groups -OCH3 is 1. The molecule has 0 spiro atoms. The highest BCUT2D eigenvalue weighted by Gasteiger charge is 2.02. The molecule has 0 amide bonds. The first kappa shape index (κ1) is 19.6. The van der Waals surface area contributed by atoms with Crippen LogP contribution in [0.3, 0.4) is 0 Å². The molecule has 0 aliphatic carbocycles. The van der Waals surface area contributed by atoms with Gasteiger partial charge in [-0.15, -0.1) is 0 Å². The number of halogens is 1. The van der Waals surface area contributed by atoms with E-state index in [0.29, 0.717) is 13.2 Å². The van der Waals surface area contributed by atoms with Gasteiger partial charge in [-0.05, 0) is 30.2 Å². The van der Waals surface area contributed by atoms with Gasteiger partial charge in [-0.3, -0.25) is 0 Å². The molecule has 0 aromatic heterocycles. The van der Waals surface area contributed by atoms with Crippen LogP contribution in [0, 0.1) is 0 Å². The number of hydrogen-bond donors (Lipinski definition) is 0. The standard InChI is InChI=1S/C11H15ClO2.2C2H6/c1-3-9-8-10(12)4-5-11(9)14-7-6-13-2;2*1-2/h4-5,8H,3,6-7H2,1-2H3;2*1-2H3. The zero-order chi connectivity index (χ0) is 14.4. The molecule has 3 heteroatoms. The molecular formula is C15H27ClO2. The normalized spacial score (nSPS) is 8.61. The van der Waals surface area contributed by atoms with E-state index in [4.69, 9.17) is 21.1 Å². The molecule has 18 heavy (non-hydrogen) atoms. The lowest BCUT2D eigenvalue weighted by Crippen LogP contribution is -2.05. The minimum atomic E-state index is 0.575. The highest BCUT2D eigenvalue weighted by Crippen LogP contribution is 2.23. The third-order valence-electron chi connectivity index (χ3n) is 1.95. The molecule has 0 atom stereocenters. The minimum absolute atomic E-state index is 0.575. The summed E-state index contributed by atoms with van der Waals surface area (Å²) in [5, 5.41) is 0.751. The maximum atomic E-state index is 5.88. The summed E-state index contributed by atoms with van der Waals surface area (Å²) in [7, 11) is 1.66. The number of aryl methyl sites for hydroxylation is 1. The molecule has 0 unspecified atom stereocenters. The van der Waals surface area contributed by atoms with E-state index in [0.717, 1.165) is 22.8 Å². The second-order valence-electron chi connectivity index (χ2n) is 2.95. The van der Waals surface area contributed by atoms with Crippen molar-refractivity contribution in [2.75, 3.05) is 20.3 Å². The van der Waals surface area contributed by atoms with Crippen molar-refractivity contribution in [3.05, 3.63) is 28.8 Å². The Bertz CT molecular complexity index is 288. The van der Waals surface area contributed by atoms with Crippen LogP contribution in [-0.4, -0.2) is 20.3 Å². The van der Waals surface area contributed by atoms with Crippen LogP contribution in [0.15, 0.2) is 18.2 Å². The Labute approximate surface area is 117 Å². The highest BCUT2D eigenvalue weighted by molar-refractivity contribution is 6.30. The number of rotatable bonds is 5. The molecule has 0 bridgehead atoms. The van der Waals surface area contributed by atoms with Gasteiger partial charge in [0.15, 0.2) is 0 Å². The Morgan fingerprint density at radius 2 is 1.67 bits per heavy atom. The molecule has 1 aromatic rings.